The van der Waals surface area contributed by atoms with E-state index in [2.05, 4.69) is 10.5 Å². The van der Waals surface area contributed by atoms with Gasteiger partial charge in [0.25, 0.3) is 0 Å². The van der Waals surface area contributed by atoms with E-state index in [-0.39, 0.29) is 13.2 Å². The number of rotatable bonds is 4. The van der Waals surface area contributed by atoms with Crippen LogP contribution in [0.1, 0.15) is 17.9 Å². The molecule has 0 spiro atoms. The van der Waals surface area contributed by atoms with Crippen molar-refractivity contribution in [3.63, 3.8) is 0 Å². The summed E-state index contributed by atoms with van der Waals surface area (Å²) in [5.41, 5.74) is 3.99. The van der Waals surface area contributed by atoms with Gasteiger partial charge in [0.1, 0.15) is 5.84 Å². The molecule has 1 aliphatic rings. The minimum Gasteiger partial charge on any atom is -0.394 e. The maximum Gasteiger partial charge on any atom is 0.121 e. The lowest BCUT2D eigenvalue weighted by Crippen LogP contribution is -2.24. The van der Waals surface area contributed by atoms with E-state index in [1.807, 2.05) is 24.3 Å². The van der Waals surface area contributed by atoms with Crippen molar-refractivity contribution in [3.8, 4) is 0 Å². The summed E-state index contributed by atoms with van der Waals surface area (Å²) in [5.74, 6) is 1.21. The second-order valence-corrected chi connectivity index (χ2v) is 4.35. The molecule has 0 bridgehead atoms. The lowest BCUT2D eigenvalue weighted by molar-refractivity contribution is 0.0525. The zero-order chi connectivity index (χ0) is 12.1. The molecule has 1 heterocycles. The topological polar surface area (TPSA) is 53.9 Å². The summed E-state index contributed by atoms with van der Waals surface area (Å²) in [6.45, 7) is 1.03. The molecule has 1 aromatic rings. The zero-order valence-electron chi connectivity index (χ0n) is 9.40. The van der Waals surface area contributed by atoms with E-state index in [4.69, 9.17) is 21.5 Å². The monoisotopic (exact) mass is 254 g/mol. The Morgan fingerprint density at radius 2 is 2.18 bits per heavy atom. The minimum atomic E-state index is 0.000886. The van der Waals surface area contributed by atoms with Gasteiger partial charge in [-0.15, -0.1) is 0 Å². The molecule has 0 saturated heterocycles. The highest BCUT2D eigenvalue weighted by Crippen LogP contribution is 2.25. The number of halogens is 1. The lowest BCUT2D eigenvalue weighted by Gasteiger charge is -2.09. The normalized spacial score (nSPS) is 19.2. The number of nitrogens with zero attached hydrogens (tertiary/aromatic N) is 1. The first-order valence-corrected chi connectivity index (χ1v) is 5.95. The summed E-state index contributed by atoms with van der Waals surface area (Å²) in [6, 6.07) is 7.84. The number of hydroxylamine groups is 1. The molecule has 1 aromatic carbocycles. The zero-order valence-corrected chi connectivity index (χ0v) is 10.2. The Balaban J connectivity index is 1.85. The summed E-state index contributed by atoms with van der Waals surface area (Å²) in [5, 5.41) is 9.33. The average molecular weight is 255 g/mol. The van der Waals surface area contributed by atoms with Crippen LogP contribution in [0.5, 0.6) is 0 Å². The van der Waals surface area contributed by atoms with Crippen molar-refractivity contribution in [2.75, 3.05) is 19.8 Å². The molecule has 1 atom stereocenters. The van der Waals surface area contributed by atoms with Crippen molar-refractivity contribution in [1.82, 2.24) is 5.48 Å². The van der Waals surface area contributed by atoms with Crippen LogP contribution in [0.25, 0.3) is 0 Å². The second kappa shape index (κ2) is 6.00. The van der Waals surface area contributed by atoms with Gasteiger partial charge in [-0.05, 0) is 17.7 Å². The standard InChI is InChI=1S/C12H15ClN2O2/c13-11-3-1-9(2-4-11)10-7-12(14-8-10)15-17-6-5-16/h1-4,10,16H,5-8H2,(H,14,15). The maximum atomic E-state index is 8.58. The number of aliphatic hydroxyl groups excluding tert-OH is 1. The molecule has 4 nitrogen and oxygen atoms in total. The third-order valence-electron chi connectivity index (χ3n) is 2.67. The van der Waals surface area contributed by atoms with Gasteiger partial charge in [-0.1, -0.05) is 23.7 Å². The molecular weight excluding hydrogens is 240 g/mol. The predicted octanol–water partition coefficient (Wildman–Crippen LogP) is 1.74. The molecule has 1 aliphatic heterocycles. The van der Waals surface area contributed by atoms with Crippen molar-refractivity contribution in [2.24, 2.45) is 4.99 Å². The van der Waals surface area contributed by atoms with E-state index in [9.17, 15) is 0 Å². The van der Waals surface area contributed by atoms with E-state index in [1.165, 1.54) is 5.56 Å². The van der Waals surface area contributed by atoms with Crippen LogP contribution in [0.4, 0.5) is 0 Å². The molecular formula is C12H15ClN2O2. The van der Waals surface area contributed by atoms with Crippen molar-refractivity contribution in [2.45, 2.75) is 12.3 Å². The van der Waals surface area contributed by atoms with Crippen LogP contribution >= 0.6 is 11.6 Å². The number of hydrogen-bond donors (Lipinski definition) is 2. The van der Waals surface area contributed by atoms with E-state index in [0.29, 0.717) is 5.92 Å². The van der Waals surface area contributed by atoms with E-state index < -0.39 is 0 Å². The van der Waals surface area contributed by atoms with Crippen molar-refractivity contribution in [1.29, 1.82) is 0 Å². The summed E-state index contributed by atoms with van der Waals surface area (Å²) in [7, 11) is 0. The fourth-order valence-electron chi connectivity index (χ4n) is 1.80. The SMILES string of the molecule is OCCONC1=NCC(c2ccc(Cl)cc2)C1. The molecule has 0 radical (unpaired) electrons. The molecule has 2 rings (SSSR count). The Kier molecular flexibility index (Phi) is 4.36. The van der Waals surface area contributed by atoms with E-state index >= 15 is 0 Å². The molecule has 0 aliphatic carbocycles. The third-order valence-corrected chi connectivity index (χ3v) is 2.92. The van der Waals surface area contributed by atoms with Gasteiger partial charge in [-0.3, -0.25) is 15.3 Å². The summed E-state index contributed by atoms with van der Waals surface area (Å²) < 4.78 is 0. The Bertz CT molecular complexity index is 392. The van der Waals surface area contributed by atoms with Gasteiger partial charge in [-0.25, -0.2) is 0 Å². The number of aliphatic hydroxyl groups is 1. The summed E-state index contributed by atoms with van der Waals surface area (Å²) >= 11 is 5.85. The number of benzene rings is 1. The van der Waals surface area contributed by atoms with Gasteiger partial charge in [0.15, 0.2) is 0 Å². The molecule has 0 aromatic heterocycles. The van der Waals surface area contributed by atoms with Crippen molar-refractivity contribution >= 4 is 17.4 Å². The Morgan fingerprint density at radius 1 is 1.41 bits per heavy atom. The van der Waals surface area contributed by atoms with Crippen LogP contribution < -0.4 is 5.48 Å². The Labute approximate surface area is 105 Å². The molecule has 0 fully saturated rings. The first-order chi connectivity index (χ1) is 8.29. The van der Waals surface area contributed by atoms with Crippen molar-refractivity contribution < 1.29 is 9.94 Å². The highest BCUT2D eigenvalue weighted by atomic mass is 35.5. The largest absolute Gasteiger partial charge is 0.394 e. The van der Waals surface area contributed by atoms with E-state index in [1.54, 1.807) is 0 Å². The van der Waals surface area contributed by atoms with Crippen LogP contribution in [0.2, 0.25) is 5.02 Å². The summed E-state index contributed by atoms with van der Waals surface area (Å²) in [6.07, 6.45) is 0.826. The summed E-state index contributed by atoms with van der Waals surface area (Å²) in [4.78, 5) is 9.37. The number of aliphatic imine (C=N–C) groups is 1. The van der Waals surface area contributed by atoms with Crippen molar-refractivity contribution in [3.05, 3.63) is 34.9 Å². The molecule has 1 unspecified atom stereocenters. The third kappa shape index (κ3) is 3.43. The van der Waals surface area contributed by atoms with Crippen LogP contribution in [0.3, 0.4) is 0 Å². The Morgan fingerprint density at radius 3 is 2.88 bits per heavy atom. The average Bonchev–Trinajstić information content (AvgIpc) is 2.79. The van der Waals surface area contributed by atoms with Gasteiger partial charge in [0.2, 0.25) is 0 Å². The molecule has 0 saturated carbocycles. The fourth-order valence-corrected chi connectivity index (χ4v) is 1.92. The molecule has 0 amide bonds. The number of nitrogens with one attached hydrogen (secondary N) is 1. The predicted molar refractivity (Wildman–Crippen MR) is 67.3 cm³/mol. The first kappa shape index (κ1) is 12.4. The maximum absolute atomic E-state index is 8.58. The lowest BCUT2D eigenvalue weighted by atomic mass is 9.98. The van der Waals surface area contributed by atoms with Gasteiger partial charge < -0.3 is 5.11 Å². The quantitative estimate of drug-likeness (QED) is 0.636. The van der Waals surface area contributed by atoms with E-state index in [0.717, 1.165) is 23.8 Å². The fraction of sp³-hybridized carbons (Fsp3) is 0.417. The number of amidine groups is 1. The second-order valence-electron chi connectivity index (χ2n) is 3.91. The molecule has 2 N–H and O–H groups in total. The van der Waals surface area contributed by atoms with Gasteiger partial charge in [-0.2, -0.15) is 0 Å². The first-order valence-electron chi connectivity index (χ1n) is 5.57. The number of hydrogen-bond acceptors (Lipinski definition) is 4. The van der Waals surface area contributed by atoms with Gasteiger partial charge in [0.05, 0.1) is 13.2 Å². The smallest absolute Gasteiger partial charge is 0.121 e. The highest BCUT2D eigenvalue weighted by molar-refractivity contribution is 6.30. The molecule has 92 valence electrons. The van der Waals surface area contributed by atoms with Crippen LogP contribution in [-0.4, -0.2) is 30.7 Å². The molecule has 5 heteroatoms. The van der Waals surface area contributed by atoms with Crippen LogP contribution in [0, 0.1) is 0 Å². The van der Waals surface area contributed by atoms with Gasteiger partial charge >= 0.3 is 0 Å². The van der Waals surface area contributed by atoms with Crippen LogP contribution in [0.15, 0.2) is 29.3 Å². The Hall–Kier alpha value is -1.10. The van der Waals surface area contributed by atoms with Crippen LogP contribution in [-0.2, 0) is 4.84 Å². The highest BCUT2D eigenvalue weighted by Gasteiger charge is 2.20. The van der Waals surface area contributed by atoms with Gasteiger partial charge in [0, 0.05) is 23.9 Å². The molecule has 17 heavy (non-hydrogen) atoms. The minimum absolute atomic E-state index is 0.000886.